The molecule has 1 aliphatic heterocycles. The molecule has 0 bridgehead atoms. The van der Waals surface area contributed by atoms with Crippen LogP contribution in [0.25, 0.3) is 5.57 Å². The van der Waals surface area contributed by atoms with Gasteiger partial charge in [0.2, 0.25) is 11.8 Å². The molecule has 4 aliphatic rings. The molecule has 6 atom stereocenters. The van der Waals surface area contributed by atoms with E-state index in [1.807, 2.05) is 91.2 Å². The number of aromatic hydroxyl groups is 1. The van der Waals surface area contributed by atoms with Crippen molar-refractivity contribution in [1.29, 1.82) is 0 Å². The van der Waals surface area contributed by atoms with Crippen molar-refractivity contribution >= 4 is 40.3 Å². The number of para-hydroxylation sites is 1. The highest BCUT2D eigenvalue weighted by Crippen LogP contribution is 2.64. The van der Waals surface area contributed by atoms with Crippen LogP contribution in [0.15, 0.2) is 114 Å². The molecule has 6 unspecified atom stereocenters. The summed E-state index contributed by atoms with van der Waals surface area (Å²) in [7, 11) is 0. The average molecular weight is 670 g/mol. The number of phenolic OH excluding ortho intramolecular Hbond substituents is 1. The zero-order valence-corrected chi connectivity index (χ0v) is 27.8. The van der Waals surface area contributed by atoms with Crippen LogP contribution >= 0.6 is 11.3 Å². The first-order valence-electron chi connectivity index (χ1n) is 16.8. The van der Waals surface area contributed by atoms with Crippen LogP contribution in [0.2, 0.25) is 0 Å². The van der Waals surface area contributed by atoms with Crippen LogP contribution in [0.3, 0.4) is 0 Å². The number of hydrogen-bond donors (Lipinski definition) is 1. The Morgan fingerprint density at radius 2 is 1.63 bits per heavy atom. The van der Waals surface area contributed by atoms with E-state index in [1.54, 1.807) is 18.2 Å². The highest BCUT2D eigenvalue weighted by molar-refractivity contribution is 7.09. The number of nitrogens with zero attached hydrogens (tertiary/aromatic N) is 1. The van der Waals surface area contributed by atoms with Gasteiger partial charge in [0, 0.05) is 27.8 Å². The van der Waals surface area contributed by atoms with Gasteiger partial charge in [-0.1, -0.05) is 90.5 Å². The molecule has 246 valence electrons. The van der Waals surface area contributed by atoms with Gasteiger partial charge in [-0.2, -0.15) is 0 Å². The van der Waals surface area contributed by atoms with Gasteiger partial charge in [0.15, 0.2) is 23.1 Å². The molecule has 4 aromatic rings. The molecule has 3 aromatic carbocycles. The van der Waals surface area contributed by atoms with Crippen LogP contribution in [0.5, 0.6) is 11.5 Å². The molecule has 2 heterocycles. The Morgan fingerprint density at radius 3 is 2.35 bits per heavy atom. The molecular weight excluding hydrogens is 635 g/mol. The van der Waals surface area contributed by atoms with E-state index in [2.05, 4.69) is 0 Å². The number of ether oxygens (including phenoxy) is 1. The lowest BCUT2D eigenvalue weighted by molar-refractivity contribution is -0.141. The maximum Gasteiger partial charge on any atom is 0.234 e. The maximum atomic E-state index is 15.1. The SMILES string of the molecule is CCOc1cccc(C2C3=CCC4C(=O)N(Cc5cccs5)C(=O)C4C3CC3C(=O)C(c4ccccc4)=CC(=O)C32c2ccccc2)c1O. The molecule has 8 rings (SSSR count). The Balaban J connectivity index is 1.36. The molecule has 8 heteroatoms. The van der Waals surface area contributed by atoms with Gasteiger partial charge in [-0.25, -0.2) is 0 Å². The van der Waals surface area contributed by atoms with E-state index < -0.39 is 35.0 Å². The van der Waals surface area contributed by atoms with E-state index in [0.29, 0.717) is 35.3 Å². The zero-order chi connectivity index (χ0) is 33.9. The molecule has 7 nitrogen and oxygen atoms in total. The molecule has 2 fully saturated rings. The molecule has 3 aliphatic carbocycles. The van der Waals surface area contributed by atoms with Gasteiger partial charge in [0.1, 0.15) is 0 Å². The molecule has 49 heavy (non-hydrogen) atoms. The second kappa shape index (κ2) is 12.1. The summed E-state index contributed by atoms with van der Waals surface area (Å²) in [6.07, 6.45) is 4.04. The number of carbonyl (C=O) groups is 4. The maximum absolute atomic E-state index is 15.1. The molecular formula is C41H35NO6S. The van der Waals surface area contributed by atoms with Crippen molar-refractivity contribution in [3.63, 3.8) is 0 Å². The van der Waals surface area contributed by atoms with Crippen LogP contribution < -0.4 is 4.74 Å². The summed E-state index contributed by atoms with van der Waals surface area (Å²) in [4.78, 5) is 60.7. The van der Waals surface area contributed by atoms with Gasteiger partial charge in [-0.3, -0.25) is 24.1 Å². The number of benzene rings is 3. The summed E-state index contributed by atoms with van der Waals surface area (Å²) in [5.74, 6) is -4.12. The Hall–Kier alpha value is -5.08. The van der Waals surface area contributed by atoms with Gasteiger partial charge in [0.05, 0.1) is 30.4 Å². The monoisotopic (exact) mass is 669 g/mol. The number of rotatable bonds is 7. The Kier molecular flexibility index (Phi) is 7.71. The number of allylic oxidation sites excluding steroid dienone is 4. The lowest BCUT2D eigenvalue weighted by Crippen LogP contribution is -2.58. The van der Waals surface area contributed by atoms with Crippen LogP contribution in [-0.2, 0) is 31.1 Å². The van der Waals surface area contributed by atoms with Gasteiger partial charge >= 0.3 is 0 Å². The number of amides is 2. The van der Waals surface area contributed by atoms with Crippen molar-refractivity contribution in [3.8, 4) is 11.5 Å². The lowest BCUT2D eigenvalue weighted by atomic mass is 9.44. The van der Waals surface area contributed by atoms with E-state index >= 15 is 9.59 Å². The van der Waals surface area contributed by atoms with E-state index in [4.69, 9.17) is 4.74 Å². The van der Waals surface area contributed by atoms with E-state index in [9.17, 15) is 14.7 Å². The number of fused-ring (bicyclic) bond motifs is 4. The summed E-state index contributed by atoms with van der Waals surface area (Å²) in [5.41, 5.74) is 1.50. The second-order valence-electron chi connectivity index (χ2n) is 13.3. The van der Waals surface area contributed by atoms with Gasteiger partial charge in [-0.15, -0.1) is 11.3 Å². The third-order valence-electron chi connectivity index (χ3n) is 11.0. The molecule has 0 spiro atoms. The average Bonchev–Trinajstić information content (AvgIpc) is 3.73. The standard InChI is InChI=1S/C41H35NO6S/c1-2-48-33-17-9-16-29(38(33)45)36-27-18-19-28-35(40(47)42(39(28)46)23-26-15-10-20-49-26)31(27)21-32-37(44)30(24-11-5-3-6-12-24)22-34(43)41(32,36)25-13-7-4-8-14-25/h3-18,20,22,28,31-32,35-36,45H,2,19,21,23H2,1H3. The van der Waals surface area contributed by atoms with Gasteiger partial charge in [-0.05, 0) is 60.4 Å². The van der Waals surface area contributed by atoms with E-state index in [1.165, 1.54) is 22.3 Å². The van der Waals surface area contributed by atoms with Crippen LogP contribution in [0, 0.1) is 23.7 Å². The first-order chi connectivity index (χ1) is 23.9. The van der Waals surface area contributed by atoms with E-state index in [0.717, 1.165) is 10.5 Å². The summed E-state index contributed by atoms with van der Waals surface area (Å²) in [5, 5.41) is 13.8. The molecule has 2 amide bonds. The number of likely N-dealkylation sites (tertiary alicyclic amines) is 1. The van der Waals surface area contributed by atoms with Crippen LogP contribution in [0.4, 0.5) is 0 Å². The minimum absolute atomic E-state index is 0.0988. The van der Waals surface area contributed by atoms with Crippen molar-refractivity contribution in [2.24, 2.45) is 23.7 Å². The second-order valence-corrected chi connectivity index (χ2v) is 14.3. The number of ketones is 2. The fourth-order valence-electron chi connectivity index (χ4n) is 9.04. The van der Waals surface area contributed by atoms with Gasteiger partial charge in [0.25, 0.3) is 0 Å². The topological polar surface area (TPSA) is 101 Å². The number of imide groups is 1. The minimum Gasteiger partial charge on any atom is -0.504 e. The van der Waals surface area contributed by atoms with E-state index in [-0.39, 0.29) is 47.8 Å². The number of thiophene rings is 1. The number of hydrogen-bond acceptors (Lipinski definition) is 7. The highest BCUT2D eigenvalue weighted by Gasteiger charge is 2.66. The highest BCUT2D eigenvalue weighted by atomic mass is 32.1. The Labute approximate surface area is 288 Å². The first-order valence-corrected chi connectivity index (χ1v) is 17.7. The van der Waals surface area contributed by atoms with Crippen molar-refractivity contribution in [2.75, 3.05) is 6.61 Å². The van der Waals surface area contributed by atoms with Gasteiger partial charge < -0.3 is 9.84 Å². The summed E-state index contributed by atoms with van der Waals surface area (Å²) < 4.78 is 5.83. The largest absolute Gasteiger partial charge is 0.504 e. The van der Waals surface area contributed by atoms with Crippen LogP contribution in [-0.4, -0.2) is 40.0 Å². The third-order valence-corrected chi connectivity index (χ3v) is 11.9. The normalized spacial score (nSPS) is 27.6. The third kappa shape index (κ3) is 4.68. The zero-order valence-electron chi connectivity index (χ0n) is 27.0. The Bertz CT molecular complexity index is 2030. The van der Waals surface area contributed by atoms with Crippen molar-refractivity contribution in [1.82, 2.24) is 4.90 Å². The first kappa shape index (κ1) is 31.2. The molecule has 0 radical (unpaired) electrons. The van der Waals surface area contributed by atoms with Crippen molar-refractivity contribution < 1.29 is 29.0 Å². The molecule has 1 aromatic heterocycles. The fourth-order valence-corrected chi connectivity index (χ4v) is 9.74. The molecule has 1 saturated carbocycles. The minimum atomic E-state index is -1.42. The number of Topliss-reactive ketones (excluding diaryl/α,β-unsaturated/α-hetero) is 1. The summed E-state index contributed by atoms with van der Waals surface area (Å²) in [6.45, 7) is 2.36. The quantitative estimate of drug-likeness (QED) is 0.170. The predicted molar refractivity (Wildman–Crippen MR) is 186 cm³/mol. The fraction of sp³-hybridized carbons (Fsp3) is 0.268. The van der Waals surface area contributed by atoms with Crippen molar-refractivity contribution in [3.05, 3.63) is 136 Å². The number of carbonyl (C=O) groups excluding carboxylic acids is 4. The van der Waals surface area contributed by atoms with Crippen LogP contribution in [0.1, 0.15) is 47.3 Å². The smallest absolute Gasteiger partial charge is 0.234 e. The lowest BCUT2D eigenvalue weighted by Gasteiger charge is -2.55. The molecule has 1 saturated heterocycles. The number of phenols is 1. The molecule has 1 N–H and O–H groups in total. The summed E-state index contributed by atoms with van der Waals surface area (Å²) >= 11 is 1.50. The Morgan fingerprint density at radius 1 is 0.878 bits per heavy atom. The predicted octanol–water partition coefficient (Wildman–Crippen LogP) is 6.88. The summed E-state index contributed by atoms with van der Waals surface area (Å²) in [6, 6.07) is 27.6. The van der Waals surface area contributed by atoms with Crippen molar-refractivity contribution in [2.45, 2.75) is 37.6 Å².